The van der Waals surface area contributed by atoms with E-state index >= 15 is 0 Å². The molecule has 0 radical (unpaired) electrons. The Morgan fingerprint density at radius 1 is 1.04 bits per heavy atom. The van der Waals surface area contributed by atoms with Crippen LogP contribution in [-0.4, -0.2) is 22.7 Å². The molecule has 128 valence electrons. The minimum absolute atomic E-state index is 0.123. The molecule has 7 heteroatoms. The van der Waals surface area contributed by atoms with Gasteiger partial charge in [0, 0.05) is 5.02 Å². The van der Waals surface area contributed by atoms with Gasteiger partial charge in [-0.15, -0.1) is 0 Å². The van der Waals surface area contributed by atoms with Crippen molar-refractivity contribution in [2.45, 2.75) is 6.42 Å². The van der Waals surface area contributed by atoms with E-state index < -0.39 is 5.91 Å². The van der Waals surface area contributed by atoms with Crippen LogP contribution in [0.15, 0.2) is 30.4 Å². The van der Waals surface area contributed by atoms with Gasteiger partial charge in [0.2, 0.25) is 0 Å². The summed E-state index contributed by atoms with van der Waals surface area (Å²) in [6, 6.07) is 4.45. The van der Waals surface area contributed by atoms with Crippen LogP contribution in [0, 0.1) is 35.5 Å². The fraction of sp³-hybridized carbons (Fsp3) is 0.389. The first-order valence-corrected chi connectivity index (χ1v) is 9.05. The molecule has 1 aromatic carbocycles. The van der Waals surface area contributed by atoms with Gasteiger partial charge in [-0.3, -0.25) is 19.8 Å². The molecule has 3 fully saturated rings. The van der Waals surface area contributed by atoms with E-state index in [9.17, 15) is 14.4 Å². The normalized spacial score (nSPS) is 37.1. The summed E-state index contributed by atoms with van der Waals surface area (Å²) in [5.74, 6) is -0.595. The number of halogens is 2. The maximum Gasteiger partial charge on any atom is 0.271 e. The molecule has 1 aromatic rings. The summed E-state index contributed by atoms with van der Waals surface area (Å²) in [6.07, 6.45) is 5.28. The largest absolute Gasteiger partial charge is 0.272 e. The Morgan fingerprint density at radius 3 is 2.20 bits per heavy atom. The zero-order valence-electron chi connectivity index (χ0n) is 13.0. The van der Waals surface area contributed by atoms with E-state index in [0.29, 0.717) is 16.9 Å². The van der Waals surface area contributed by atoms with Crippen molar-refractivity contribution in [3.8, 4) is 0 Å². The second kappa shape index (κ2) is 5.08. The van der Waals surface area contributed by atoms with Crippen LogP contribution < -0.4 is 5.43 Å². The fourth-order valence-corrected chi connectivity index (χ4v) is 5.40. The molecule has 1 aliphatic heterocycles. The van der Waals surface area contributed by atoms with Gasteiger partial charge in [-0.05, 0) is 48.3 Å². The molecule has 1 heterocycles. The van der Waals surface area contributed by atoms with E-state index in [4.69, 9.17) is 23.2 Å². The van der Waals surface area contributed by atoms with Gasteiger partial charge in [0.15, 0.2) is 0 Å². The number of nitrogens with zero attached hydrogens (tertiary/aromatic N) is 1. The second-order valence-corrected chi connectivity index (χ2v) is 8.08. The Hall–Kier alpha value is -1.85. The Bertz CT molecular complexity index is 832. The first-order valence-electron chi connectivity index (χ1n) is 8.29. The number of allylic oxidation sites excluding steroid dienone is 2. The van der Waals surface area contributed by atoms with Crippen molar-refractivity contribution in [1.82, 2.24) is 10.4 Å². The van der Waals surface area contributed by atoms with Crippen LogP contribution >= 0.6 is 23.2 Å². The molecule has 4 aliphatic carbocycles. The van der Waals surface area contributed by atoms with Gasteiger partial charge in [0.1, 0.15) is 0 Å². The van der Waals surface area contributed by atoms with Crippen LogP contribution in [-0.2, 0) is 9.59 Å². The summed E-state index contributed by atoms with van der Waals surface area (Å²) in [6.45, 7) is 0. The number of hydrogen-bond acceptors (Lipinski definition) is 3. The molecule has 6 atom stereocenters. The van der Waals surface area contributed by atoms with Crippen molar-refractivity contribution in [3.63, 3.8) is 0 Å². The molecule has 1 saturated heterocycles. The van der Waals surface area contributed by atoms with Crippen molar-refractivity contribution in [2.75, 3.05) is 0 Å². The highest BCUT2D eigenvalue weighted by Gasteiger charge is 2.67. The van der Waals surface area contributed by atoms with Crippen molar-refractivity contribution in [2.24, 2.45) is 35.5 Å². The third-order valence-electron chi connectivity index (χ3n) is 6.05. The van der Waals surface area contributed by atoms with Gasteiger partial charge in [0.05, 0.1) is 22.4 Å². The van der Waals surface area contributed by atoms with E-state index in [1.54, 1.807) is 0 Å². The smallest absolute Gasteiger partial charge is 0.271 e. The molecule has 5 nitrogen and oxygen atoms in total. The fourth-order valence-electron chi connectivity index (χ4n) is 4.90. The van der Waals surface area contributed by atoms with Crippen molar-refractivity contribution >= 4 is 40.9 Å². The molecule has 0 aromatic heterocycles. The molecule has 0 spiro atoms. The monoisotopic (exact) mass is 376 g/mol. The Labute approximate surface area is 153 Å². The van der Waals surface area contributed by atoms with Crippen LogP contribution in [0.5, 0.6) is 0 Å². The van der Waals surface area contributed by atoms with Gasteiger partial charge in [-0.1, -0.05) is 35.4 Å². The number of hydrogen-bond donors (Lipinski definition) is 1. The lowest BCUT2D eigenvalue weighted by molar-refractivity contribution is -0.143. The lowest BCUT2D eigenvalue weighted by Gasteiger charge is -2.37. The number of hydrazine groups is 1. The average molecular weight is 377 g/mol. The Kier molecular flexibility index (Phi) is 3.13. The van der Waals surface area contributed by atoms with Crippen molar-refractivity contribution < 1.29 is 14.4 Å². The summed E-state index contributed by atoms with van der Waals surface area (Å²) < 4.78 is 0. The summed E-state index contributed by atoms with van der Waals surface area (Å²) in [5, 5.41) is 1.48. The van der Waals surface area contributed by atoms with Gasteiger partial charge < -0.3 is 0 Å². The summed E-state index contributed by atoms with van der Waals surface area (Å²) in [5.41, 5.74) is 2.62. The third-order valence-corrected chi connectivity index (χ3v) is 6.60. The molecule has 3 amide bonds. The van der Waals surface area contributed by atoms with E-state index in [2.05, 4.69) is 17.6 Å². The zero-order valence-corrected chi connectivity index (χ0v) is 14.5. The number of nitrogens with one attached hydrogen (secondary N) is 1. The molecular weight excluding hydrogens is 363 g/mol. The van der Waals surface area contributed by atoms with Gasteiger partial charge in [0.25, 0.3) is 17.7 Å². The molecule has 2 saturated carbocycles. The number of carbonyl (C=O) groups is 3. The summed E-state index contributed by atoms with van der Waals surface area (Å²) in [7, 11) is 0. The van der Waals surface area contributed by atoms with E-state index in [1.165, 1.54) is 18.2 Å². The van der Waals surface area contributed by atoms with Gasteiger partial charge in [-0.25, -0.2) is 0 Å². The predicted molar refractivity (Wildman–Crippen MR) is 90.5 cm³/mol. The highest BCUT2D eigenvalue weighted by Crippen LogP contribution is 2.65. The zero-order chi connectivity index (χ0) is 17.5. The lowest BCUT2D eigenvalue weighted by atomic mass is 9.63. The first kappa shape index (κ1) is 15.4. The Morgan fingerprint density at radius 2 is 1.64 bits per heavy atom. The number of amides is 3. The molecule has 6 rings (SSSR count). The van der Waals surface area contributed by atoms with Crippen molar-refractivity contribution in [3.05, 3.63) is 46.0 Å². The average Bonchev–Trinajstić information content (AvgIpc) is 3.36. The maximum absolute atomic E-state index is 12.8. The van der Waals surface area contributed by atoms with E-state index in [0.717, 1.165) is 11.4 Å². The van der Waals surface area contributed by atoms with Crippen LogP contribution in [0.25, 0.3) is 0 Å². The van der Waals surface area contributed by atoms with E-state index in [-0.39, 0.29) is 46.1 Å². The summed E-state index contributed by atoms with van der Waals surface area (Å²) >= 11 is 11.9. The second-order valence-electron chi connectivity index (χ2n) is 7.23. The molecule has 2 bridgehead atoms. The number of imide groups is 1. The highest BCUT2D eigenvalue weighted by molar-refractivity contribution is 6.36. The van der Waals surface area contributed by atoms with Crippen LogP contribution in [0.4, 0.5) is 0 Å². The number of benzene rings is 1. The van der Waals surface area contributed by atoms with Gasteiger partial charge in [-0.2, -0.15) is 5.01 Å². The minimum Gasteiger partial charge on any atom is -0.272 e. The Balaban J connectivity index is 1.42. The molecular formula is C18H14Cl2N2O3. The quantitative estimate of drug-likeness (QED) is 0.637. The van der Waals surface area contributed by atoms with Crippen LogP contribution in [0.2, 0.25) is 10.0 Å². The minimum atomic E-state index is -0.590. The van der Waals surface area contributed by atoms with Crippen molar-refractivity contribution in [1.29, 1.82) is 0 Å². The summed E-state index contributed by atoms with van der Waals surface area (Å²) in [4.78, 5) is 38.1. The lowest BCUT2D eigenvalue weighted by Crippen LogP contribution is -2.47. The van der Waals surface area contributed by atoms with Crippen LogP contribution in [0.1, 0.15) is 16.8 Å². The predicted octanol–water partition coefficient (Wildman–Crippen LogP) is 2.69. The third kappa shape index (κ3) is 2.06. The topological polar surface area (TPSA) is 66.5 Å². The SMILES string of the molecule is O=C(NN1C(=O)[C@@H]2[C@@H]3C=C[C@@H]([C@@H]4C[C@H]34)[C@@H]2C1=O)c1ccc(Cl)cc1Cl. The number of carbonyl (C=O) groups excluding carboxylic acids is 3. The standard InChI is InChI=1S/C18H14Cl2N2O3/c19-7-1-2-10(13(20)5-7)16(23)21-22-17(24)14-8-3-4-9(12-6-11(8)12)15(14)18(22)25/h1-5,8-9,11-12,14-15H,6H2,(H,21,23)/t8-,9+,11-,12+,14-,15+. The molecule has 25 heavy (non-hydrogen) atoms. The first-order chi connectivity index (χ1) is 12.0. The van der Waals surface area contributed by atoms with Gasteiger partial charge >= 0.3 is 0 Å². The van der Waals surface area contributed by atoms with E-state index in [1.807, 2.05) is 0 Å². The number of rotatable bonds is 2. The van der Waals surface area contributed by atoms with Crippen LogP contribution in [0.3, 0.4) is 0 Å². The molecule has 5 aliphatic rings. The maximum atomic E-state index is 12.8. The highest BCUT2D eigenvalue weighted by atomic mass is 35.5. The molecule has 1 N–H and O–H groups in total. The molecule has 0 unspecified atom stereocenters.